The van der Waals surface area contributed by atoms with Crippen molar-refractivity contribution in [2.75, 3.05) is 13.2 Å². The monoisotopic (exact) mass is 593 g/mol. The van der Waals surface area contributed by atoms with Crippen molar-refractivity contribution in [1.29, 1.82) is 0 Å². The van der Waals surface area contributed by atoms with Gasteiger partial charge in [0.1, 0.15) is 17.5 Å². The van der Waals surface area contributed by atoms with E-state index in [2.05, 4.69) is 107 Å². The van der Waals surface area contributed by atoms with E-state index in [9.17, 15) is 0 Å². The molecule has 3 heterocycles. The number of ether oxygens (including phenoxy) is 3. The highest BCUT2D eigenvalue weighted by Gasteiger charge is 2.53. The van der Waals surface area contributed by atoms with Crippen LogP contribution in [0.25, 0.3) is 0 Å². The van der Waals surface area contributed by atoms with Gasteiger partial charge in [-0.2, -0.15) is 0 Å². The van der Waals surface area contributed by atoms with Crippen molar-refractivity contribution in [2.45, 2.75) is 142 Å². The number of hydrogen-bond donors (Lipinski definition) is 0. The quantitative estimate of drug-likeness (QED) is 0.323. The van der Waals surface area contributed by atoms with Crippen LogP contribution >= 0.6 is 0 Å². The Morgan fingerprint density at radius 2 is 1.57 bits per heavy atom. The molecule has 1 spiro atoms. The lowest BCUT2D eigenvalue weighted by Gasteiger charge is -2.46. The van der Waals surface area contributed by atoms with Crippen molar-refractivity contribution in [3.05, 3.63) is 57.9 Å². The normalized spacial score (nSPS) is 23.6. The predicted octanol–water partition coefficient (Wildman–Crippen LogP) is 9.54. The molecule has 42 heavy (non-hydrogen) atoms. The van der Waals surface area contributed by atoms with E-state index in [1.165, 1.54) is 28.1 Å². The first kappa shape index (κ1) is 31.7. The smallest absolute Gasteiger partial charge is 0.192 e. The first-order valence-corrected chi connectivity index (χ1v) is 19.0. The van der Waals surface area contributed by atoms with Gasteiger partial charge in [0, 0.05) is 48.6 Å². The number of pyridine rings is 1. The minimum atomic E-state index is -2.07. The standard InChI is InChI=1S/C36H55NO4Si/c1-23(2)31-29-30(28-26(37-31)21-35(9,10)22-27(28)41-42(11,12)34(6,7)8)36(17-19-38-20-18-36)40-32(29)24-13-15-25(16-14-24)39-33(3,4)5/h13-16,23,27,32H,17-22H2,1-12H3. The largest absolute Gasteiger partial charge is 0.488 e. The van der Waals surface area contributed by atoms with E-state index < -0.39 is 13.9 Å². The van der Waals surface area contributed by atoms with Crippen LogP contribution in [-0.2, 0) is 25.9 Å². The molecule has 0 radical (unpaired) electrons. The van der Waals surface area contributed by atoms with Crippen LogP contribution in [-0.4, -0.2) is 32.1 Å². The van der Waals surface area contributed by atoms with Crippen LogP contribution in [0.1, 0.15) is 140 Å². The third-order valence-corrected chi connectivity index (χ3v) is 14.3. The van der Waals surface area contributed by atoms with Gasteiger partial charge in [-0.1, -0.05) is 60.6 Å². The fourth-order valence-corrected chi connectivity index (χ4v) is 8.10. The molecule has 1 fully saturated rings. The number of nitrogens with zero attached hydrogens (tertiary/aromatic N) is 1. The summed E-state index contributed by atoms with van der Waals surface area (Å²) in [6.07, 6.45) is 3.50. The van der Waals surface area contributed by atoms with E-state index in [4.69, 9.17) is 23.6 Å². The van der Waals surface area contributed by atoms with E-state index >= 15 is 0 Å². The second kappa shape index (κ2) is 10.7. The topological polar surface area (TPSA) is 49.8 Å². The molecule has 1 aliphatic carbocycles. The summed E-state index contributed by atoms with van der Waals surface area (Å²) in [5.74, 6) is 1.15. The lowest BCUT2D eigenvalue weighted by molar-refractivity contribution is -0.122. The highest BCUT2D eigenvalue weighted by Crippen LogP contribution is 2.59. The molecule has 2 aromatic rings. The van der Waals surface area contributed by atoms with E-state index in [1.54, 1.807) is 0 Å². The Balaban J connectivity index is 1.73. The predicted molar refractivity (Wildman–Crippen MR) is 173 cm³/mol. The van der Waals surface area contributed by atoms with E-state index in [0.29, 0.717) is 13.2 Å². The van der Waals surface area contributed by atoms with Gasteiger partial charge >= 0.3 is 0 Å². The van der Waals surface area contributed by atoms with Crippen molar-refractivity contribution >= 4 is 8.32 Å². The summed E-state index contributed by atoms with van der Waals surface area (Å²) in [6.45, 7) is 28.8. The van der Waals surface area contributed by atoms with Crippen LogP contribution in [0.15, 0.2) is 24.3 Å². The molecular formula is C36H55NO4Si. The van der Waals surface area contributed by atoms with Crippen molar-refractivity contribution < 1.29 is 18.6 Å². The van der Waals surface area contributed by atoms with Crippen LogP contribution in [0.4, 0.5) is 0 Å². The Morgan fingerprint density at radius 3 is 2.12 bits per heavy atom. The zero-order chi connectivity index (χ0) is 30.9. The average molecular weight is 594 g/mol. The average Bonchev–Trinajstić information content (AvgIpc) is 3.15. The summed E-state index contributed by atoms with van der Waals surface area (Å²) in [6, 6.07) is 8.55. The van der Waals surface area contributed by atoms with E-state index in [0.717, 1.165) is 37.0 Å². The molecule has 3 aliphatic rings. The van der Waals surface area contributed by atoms with Gasteiger partial charge in [0.15, 0.2) is 8.32 Å². The molecule has 0 saturated carbocycles. The molecule has 1 aromatic carbocycles. The fourth-order valence-electron chi connectivity index (χ4n) is 6.84. The Hall–Kier alpha value is -1.73. The molecule has 2 aliphatic heterocycles. The number of fused-ring (bicyclic) bond motifs is 4. The zero-order valence-corrected chi connectivity index (χ0v) is 29.4. The molecule has 6 heteroatoms. The van der Waals surface area contributed by atoms with Crippen LogP contribution in [0, 0.1) is 5.41 Å². The van der Waals surface area contributed by atoms with Gasteiger partial charge in [0.25, 0.3) is 0 Å². The summed E-state index contributed by atoms with van der Waals surface area (Å²) in [4.78, 5) is 5.54. The van der Waals surface area contributed by atoms with Gasteiger partial charge in [-0.05, 0) is 86.3 Å². The summed E-state index contributed by atoms with van der Waals surface area (Å²) >= 11 is 0. The lowest BCUT2D eigenvalue weighted by atomic mass is 9.70. The van der Waals surface area contributed by atoms with Gasteiger partial charge in [0.05, 0.1) is 11.7 Å². The Bertz CT molecular complexity index is 1290. The fraction of sp³-hybridized carbons (Fsp3) is 0.694. The van der Waals surface area contributed by atoms with E-state index in [1.807, 2.05) is 0 Å². The van der Waals surface area contributed by atoms with Crippen LogP contribution < -0.4 is 4.74 Å². The molecule has 1 saturated heterocycles. The molecule has 0 N–H and O–H groups in total. The summed E-state index contributed by atoms with van der Waals surface area (Å²) in [5.41, 5.74) is 7.00. The number of aromatic nitrogens is 1. The molecular weight excluding hydrogens is 538 g/mol. The molecule has 5 nitrogen and oxygen atoms in total. The summed E-state index contributed by atoms with van der Waals surface area (Å²) in [5, 5.41) is 0.121. The molecule has 0 bridgehead atoms. The lowest BCUT2D eigenvalue weighted by Crippen LogP contribution is -2.45. The van der Waals surface area contributed by atoms with Crippen LogP contribution in [0.2, 0.25) is 18.1 Å². The first-order chi connectivity index (χ1) is 19.3. The van der Waals surface area contributed by atoms with Crippen LogP contribution in [0.5, 0.6) is 5.75 Å². The summed E-state index contributed by atoms with van der Waals surface area (Å²) < 4.78 is 26.8. The van der Waals surface area contributed by atoms with Gasteiger partial charge in [-0.15, -0.1) is 0 Å². The van der Waals surface area contributed by atoms with Gasteiger partial charge in [-0.3, -0.25) is 4.98 Å². The maximum atomic E-state index is 7.36. The highest BCUT2D eigenvalue weighted by atomic mass is 28.4. The van der Waals surface area contributed by atoms with Crippen LogP contribution in [0.3, 0.4) is 0 Å². The molecule has 1 aromatic heterocycles. The first-order valence-electron chi connectivity index (χ1n) is 16.1. The van der Waals surface area contributed by atoms with Crippen molar-refractivity contribution in [3.8, 4) is 5.75 Å². The minimum absolute atomic E-state index is 0.0109. The Kier molecular flexibility index (Phi) is 8.08. The molecule has 5 rings (SSSR count). The third kappa shape index (κ3) is 5.98. The van der Waals surface area contributed by atoms with E-state index in [-0.39, 0.29) is 34.2 Å². The zero-order valence-electron chi connectivity index (χ0n) is 28.4. The number of benzene rings is 1. The molecule has 2 unspecified atom stereocenters. The molecule has 232 valence electrons. The second-order valence-electron chi connectivity index (χ2n) is 16.6. The Labute approximate surface area is 256 Å². The van der Waals surface area contributed by atoms with Crippen molar-refractivity contribution in [3.63, 3.8) is 0 Å². The maximum Gasteiger partial charge on any atom is 0.192 e. The van der Waals surface area contributed by atoms with Gasteiger partial charge in [-0.25, -0.2) is 0 Å². The number of rotatable bonds is 5. The minimum Gasteiger partial charge on any atom is -0.488 e. The van der Waals surface area contributed by atoms with Crippen molar-refractivity contribution in [2.24, 2.45) is 5.41 Å². The second-order valence-corrected chi connectivity index (χ2v) is 21.4. The summed E-state index contributed by atoms with van der Waals surface area (Å²) in [7, 11) is -2.07. The number of hydrogen-bond acceptors (Lipinski definition) is 5. The van der Waals surface area contributed by atoms with Gasteiger partial charge < -0.3 is 18.6 Å². The molecule has 0 amide bonds. The highest BCUT2D eigenvalue weighted by molar-refractivity contribution is 6.74. The van der Waals surface area contributed by atoms with Crippen molar-refractivity contribution in [1.82, 2.24) is 4.98 Å². The van der Waals surface area contributed by atoms with Gasteiger partial charge in [0.2, 0.25) is 0 Å². The SMILES string of the molecule is CC(C)c1nc2c(c3c1C(c1ccc(OC(C)(C)C)cc1)OC31CCOCC1)C(O[Si](C)(C)C(C)(C)C)CC(C)(C)C2. The third-order valence-electron chi connectivity index (χ3n) is 9.85. The maximum absolute atomic E-state index is 7.36. The molecule has 2 atom stereocenters. The Morgan fingerprint density at radius 1 is 0.952 bits per heavy atom.